The largest absolute Gasteiger partial charge is 1.00 e. The Morgan fingerprint density at radius 3 is 2.46 bits per heavy atom. The van der Waals surface area contributed by atoms with Gasteiger partial charge >= 0.3 is 11.7 Å². The summed E-state index contributed by atoms with van der Waals surface area (Å²) in [6.07, 6.45) is 9.63. The van der Waals surface area contributed by atoms with Crippen LogP contribution in [-0.4, -0.2) is 22.1 Å². The fourth-order valence-electron chi connectivity index (χ4n) is 2.41. The summed E-state index contributed by atoms with van der Waals surface area (Å²) in [6.45, 7) is 1.37. The Kier molecular flexibility index (Phi) is 9.78. The van der Waals surface area contributed by atoms with Gasteiger partial charge in [-0.15, -0.1) is 0 Å². The number of carbonyl (C=O) groups excluding carboxylic acids is 1. The molecular weight excluding hydrogens is 454 g/mol. The average Bonchev–Trinajstić information content (AvgIpc) is 2.61. The van der Waals surface area contributed by atoms with Gasteiger partial charge in [-0.05, 0) is 12.8 Å². The second kappa shape index (κ2) is 11.6. The van der Waals surface area contributed by atoms with Crippen molar-refractivity contribution in [1.29, 1.82) is 0 Å². The van der Waals surface area contributed by atoms with E-state index >= 15 is 0 Å². The number of carbonyl (C=O) groups is 1. The number of aryl methyl sites for hydroxylation is 1. The summed E-state index contributed by atoms with van der Waals surface area (Å²) in [5, 5.41) is 2.53. The molecule has 26 heavy (non-hydrogen) atoms. The average molecular weight is 476 g/mol. The van der Waals surface area contributed by atoms with E-state index in [1.165, 1.54) is 0 Å². The first-order chi connectivity index (χ1) is 12.1. The number of halogens is 2. The molecule has 2 aromatic rings. The maximum Gasteiger partial charge on any atom is 0.336 e. The van der Waals surface area contributed by atoms with Gasteiger partial charge in [-0.3, -0.25) is 9.78 Å². The van der Waals surface area contributed by atoms with Crippen LogP contribution in [0.2, 0.25) is 0 Å². The van der Waals surface area contributed by atoms with E-state index in [9.17, 15) is 18.8 Å². The normalized spacial score (nSPS) is 10.2. The van der Waals surface area contributed by atoms with Crippen molar-refractivity contribution >= 4 is 6.03 Å². The molecular formula is C17H22FIN4O3. The molecule has 0 fully saturated rings. The van der Waals surface area contributed by atoms with E-state index in [1.807, 2.05) is 30.6 Å². The van der Waals surface area contributed by atoms with E-state index in [0.29, 0.717) is 17.3 Å². The van der Waals surface area contributed by atoms with E-state index < -0.39 is 23.1 Å². The zero-order valence-electron chi connectivity index (χ0n) is 14.3. The molecule has 142 valence electrons. The first-order valence-corrected chi connectivity index (χ1v) is 8.31. The van der Waals surface area contributed by atoms with Gasteiger partial charge in [0.25, 0.3) is 5.56 Å². The second-order valence-electron chi connectivity index (χ2n) is 5.72. The second-order valence-corrected chi connectivity index (χ2v) is 5.72. The highest BCUT2D eigenvalue weighted by Gasteiger charge is 2.10. The lowest BCUT2D eigenvalue weighted by Gasteiger charge is -2.06. The number of unbranched alkanes of at least 4 members (excludes halogenated alkanes) is 4. The van der Waals surface area contributed by atoms with Crippen LogP contribution in [0.3, 0.4) is 0 Å². The summed E-state index contributed by atoms with van der Waals surface area (Å²) in [5.41, 5.74) is -2.09. The molecule has 0 aromatic carbocycles. The Balaban J connectivity index is 0.00000338. The Labute approximate surface area is 167 Å². The summed E-state index contributed by atoms with van der Waals surface area (Å²) in [7, 11) is 0. The van der Waals surface area contributed by atoms with Gasteiger partial charge in [0.1, 0.15) is 6.54 Å². The molecule has 2 rings (SSSR count). The van der Waals surface area contributed by atoms with Crippen molar-refractivity contribution < 1.29 is 37.7 Å². The molecule has 0 aliphatic carbocycles. The van der Waals surface area contributed by atoms with Gasteiger partial charge in [-0.2, -0.15) is 4.39 Å². The number of pyridine rings is 1. The van der Waals surface area contributed by atoms with E-state index in [4.69, 9.17) is 0 Å². The molecule has 0 aliphatic rings. The highest BCUT2D eigenvalue weighted by Crippen LogP contribution is 2.02. The number of nitrogens with one attached hydrogen (secondary N) is 2. The van der Waals surface area contributed by atoms with Crippen LogP contribution < -0.4 is 45.1 Å². The lowest BCUT2D eigenvalue weighted by Crippen LogP contribution is -3.00. The van der Waals surface area contributed by atoms with Gasteiger partial charge in [0.15, 0.2) is 12.4 Å². The Morgan fingerprint density at radius 1 is 1.08 bits per heavy atom. The quantitative estimate of drug-likeness (QED) is 0.267. The number of H-pyrrole nitrogens is 1. The summed E-state index contributed by atoms with van der Waals surface area (Å²) >= 11 is 0. The van der Waals surface area contributed by atoms with Crippen molar-refractivity contribution in [3.8, 4) is 0 Å². The van der Waals surface area contributed by atoms with Crippen molar-refractivity contribution in [1.82, 2.24) is 14.9 Å². The lowest BCUT2D eigenvalue weighted by molar-refractivity contribution is -0.697. The summed E-state index contributed by atoms with van der Waals surface area (Å²) in [5.74, 6) is -1.17. The van der Waals surface area contributed by atoms with Crippen LogP contribution in [0.4, 0.5) is 9.18 Å². The third-order valence-electron chi connectivity index (χ3n) is 3.76. The van der Waals surface area contributed by atoms with Crippen molar-refractivity contribution in [2.75, 3.05) is 6.54 Å². The predicted molar refractivity (Wildman–Crippen MR) is 89.8 cm³/mol. The SMILES string of the molecule is O=C(NCCCCCCC[n+]1ccccc1)n1cc(F)c(=O)[nH]c1=O.[I-]. The molecule has 2 N–H and O–H groups in total. The van der Waals surface area contributed by atoms with Crippen LogP contribution >= 0.6 is 0 Å². The van der Waals surface area contributed by atoms with Gasteiger partial charge in [0.2, 0.25) is 5.82 Å². The first kappa shape index (κ1) is 22.0. The van der Waals surface area contributed by atoms with Gasteiger partial charge in [-0.1, -0.05) is 18.9 Å². The third-order valence-corrected chi connectivity index (χ3v) is 3.76. The van der Waals surface area contributed by atoms with Crippen LogP contribution in [0, 0.1) is 5.82 Å². The molecule has 0 saturated carbocycles. The molecule has 7 nitrogen and oxygen atoms in total. The zero-order valence-corrected chi connectivity index (χ0v) is 16.4. The maximum atomic E-state index is 13.1. The van der Waals surface area contributed by atoms with Crippen LogP contribution in [0.25, 0.3) is 0 Å². The number of hydrogen-bond donors (Lipinski definition) is 2. The smallest absolute Gasteiger partial charge is 0.336 e. The predicted octanol–water partition coefficient (Wildman–Crippen LogP) is -1.82. The topological polar surface area (TPSA) is 87.8 Å². The van der Waals surface area contributed by atoms with Gasteiger partial charge in [0.05, 0.1) is 6.20 Å². The minimum Gasteiger partial charge on any atom is -1.00 e. The molecule has 9 heteroatoms. The van der Waals surface area contributed by atoms with Crippen molar-refractivity contribution in [2.24, 2.45) is 0 Å². The number of rotatable bonds is 8. The molecule has 0 spiro atoms. The number of aromatic nitrogens is 3. The summed E-state index contributed by atoms with van der Waals surface area (Å²) in [4.78, 5) is 35.9. The first-order valence-electron chi connectivity index (χ1n) is 8.31. The standard InChI is InChI=1S/C17H21FN4O3.HI/c18-14-13-22(17(25)20-15(14)23)16(24)19-9-5-2-1-3-6-10-21-11-7-4-8-12-21;/h4,7-8,11-13H,1-3,5-6,9-10H2,(H-,19,20,23,24,25);1H. The Hall–Kier alpha value is -2.04. The Morgan fingerprint density at radius 2 is 1.73 bits per heavy atom. The molecule has 2 heterocycles. The summed E-state index contributed by atoms with van der Waals surface area (Å²) < 4.78 is 15.8. The fourth-order valence-corrected chi connectivity index (χ4v) is 2.41. The molecule has 0 aliphatic heterocycles. The van der Waals surface area contributed by atoms with Crippen LogP contribution in [0.1, 0.15) is 32.1 Å². The van der Waals surface area contributed by atoms with Crippen molar-refractivity contribution in [3.05, 3.63) is 63.4 Å². The van der Waals surface area contributed by atoms with E-state index in [1.54, 1.807) is 4.98 Å². The lowest BCUT2D eigenvalue weighted by atomic mass is 10.1. The Bertz CT molecular complexity index is 808. The molecule has 0 bridgehead atoms. The monoisotopic (exact) mass is 476 g/mol. The molecule has 2 aromatic heterocycles. The number of hydrogen-bond acceptors (Lipinski definition) is 3. The summed E-state index contributed by atoms with van der Waals surface area (Å²) in [6, 6.07) is 5.24. The van der Waals surface area contributed by atoms with Crippen LogP contribution in [0.5, 0.6) is 0 Å². The minimum atomic E-state index is -1.17. The minimum absolute atomic E-state index is 0. The van der Waals surface area contributed by atoms with Gasteiger partial charge < -0.3 is 29.3 Å². The maximum absolute atomic E-state index is 13.1. The molecule has 0 unspecified atom stereocenters. The molecule has 0 saturated heterocycles. The van der Waals surface area contributed by atoms with Crippen LogP contribution in [0.15, 0.2) is 46.4 Å². The molecule has 0 radical (unpaired) electrons. The van der Waals surface area contributed by atoms with Gasteiger partial charge in [0, 0.05) is 25.1 Å². The highest BCUT2D eigenvalue weighted by atomic mass is 127. The van der Waals surface area contributed by atoms with E-state index in [2.05, 4.69) is 9.88 Å². The molecule has 0 atom stereocenters. The highest BCUT2D eigenvalue weighted by molar-refractivity contribution is 5.76. The number of aromatic amines is 1. The number of amides is 1. The van der Waals surface area contributed by atoms with Gasteiger partial charge in [-0.25, -0.2) is 18.7 Å². The van der Waals surface area contributed by atoms with E-state index in [-0.39, 0.29) is 24.0 Å². The zero-order chi connectivity index (χ0) is 18.1. The van der Waals surface area contributed by atoms with Crippen LogP contribution in [-0.2, 0) is 6.54 Å². The third kappa shape index (κ3) is 7.06. The molecule has 1 amide bonds. The number of nitrogens with zero attached hydrogens (tertiary/aromatic N) is 2. The van der Waals surface area contributed by atoms with E-state index in [0.717, 1.165) is 38.6 Å². The van der Waals surface area contributed by atoms with Crippen molar-refractivity contribution in [2.45, 2.75) is 38.6 Å². The van der Waals surface area contributed by atoms with Crippen molar-refractivity contribution in [3.63, 3.8) is 0 Å². The fraction of sp³-hybridized carbons (Fsp3) is 0.412.